The summed E-state index contributed by atoms with van der Waals surface area (Å²) < 4.78 is 26.0. The normalized spacial score (nSPS) is 26.3. The fraction of sp³-hybridized carbons (Fsp3) is 0.667. The van der Waals surface area contributed by atoms with Crippen molar-refractivity contribution in [1.29, 1.82) is 0 Å². The molecule has 3 heterocycles. The van der Waals surface area contributed by atoms with E-state index in [-0.39, 0.29) is 18.0 Å². The highest BCUT2D eigenvalue weighted by Gasteiger charge is 2.57. The van der Waals surface area contributed by atoms with E-state index in [0.717, 1.165) is 0 Å². The van der Waals surface area contributed by atoms with Gasteiger partial charge < -0.3 is 24.7 Å². The number of aromatic nitrogens is 3. The van der Waals surface area contributed by atoms with Crippen LogP contribution in [0.5, 0.6) is 0 Å². The lowest BCUT2D eigenvalue weighted by Crippen LogP contribution is -2.50. The van der Waals surface area contributed by atoms with Gasteiger partial charge in [0.05, 0.1) is 24.4 Å². The predicted molar refractivity (Wildman–Crippen MR) is 119 cm³/mol. The number of methoxy groups -OCH3 is 1. The first kappa shape index (κ1) is 23.8. The lowest BCUT2D eigenvalue weighted by Gasteiger charge is -2.35. The Morgan fingerprint density at radius 2 is 2.06 bits per heavy atom. The number of nitrogen functional groups attached to an aromatic ring is 1. The molecule has 2 N–H and O–H groups in total. The van der Waals surface area contributed by atoms with Crippen molar-refractivity contribution in [2.45, 2.75) is 77.3 Å². The average molecular weight is 453 g/mol. The van der Waals surface area contributed by atoms with Crippen LogP contribution in [0.15, 0.2) is 22.6 Å². The van der Waals surface area contributed by atoms with Gasteiger partial charge >= 0.3 is 5.69 Å². The van der Waals surface area contributed by atoms with Gasteiger partial charge in [-0.1, -0.05) is 6.92 Å². The zero-order valence-corrected chi connectivity index (χ0v) is 19.7. The van der Waals surface area contributed by atoms with Crippen LogP contribution in [0.25, 0.3) is 10.6 Å². The van der Waals surface area contributed by atoms with Crippen LogP contribution in [0.4, 0.5) is 5.82 Å². The monoisotopic (exact) mass is 452 g/mol. The largest absolute Gasteiger partial charge is 0.383 e. The molecule has 1 aliphatic rings. The minimum absolute atomic E-state index is 0.0178. The highest BCUT2D eigenvalue weighted by molar-refractivity contribution is 7.13. The molecule has 1 fully saturated rings. The quantitative estimate of drug-likeness (QED) is 0.618. The summed E-state index contributed by atoms with van der Waals surface area (Å²) in [6, 6.07) is 0. The van der Waals surface area contributed by atoms with Crippen molar-refractivity contribution < 1.29 is 18.9 Å². The third kappa shape index (κ3) is 4.83. The summed E-state index contributed by atoms with van der Waals surface area (Å²) in [5.41, 5.74) is 5.28. The van der Waals surface area contributed by atoms with Crippen molar-refractivity contribution in [3.8, 4) is 10.6 Å². The van der Waals surface area contributed by atoms with E-state index >= 15 is 0 Å². The summed E-state index contributed by atoms with van der Waals surface area (Å²) in [7, 11) is 1.59. The molecule has 172 valence electrons. The van der Waals surface area contributed by atoms with E-state index < -0.39 is 29.7 Å². The van der Waals surface area contributed by atoms with Crippen molar-refractivity contribution in [2.24, 2.45) is 0 Å². The summed E-state index contributed by atoms with van der Waals surface area (Å²) >= 11 is 1.42. The van der Waals surface area contributed by atoms with Crippen molar-refractivity contribution in [3.05, 3.63) is 28.3 Å². The Morgan fingerprint density at radius 1 is 1.32 bits per heavy atom. The standard InChI is InChI=1S/C21H32N4O5S/c1-7-21(11-28-12(2)3)16(29-13(4)5)15(27-6)19(30-21)25-10-14(17(22)24-20(25)26)18-23-8-9-31-18/h8-10,12-13,15-16,19H,7,11H2,1-6H3,(H2,22,24,26)/t15-,16+,19-,21-/m1/s1. The van der Waals surface area contributed by atoms with Crippen LogP contribution in [0.2, 0.25) is 0 Å². The van der Waals surface area contributed by atoms with Gasteiger partial charge in [-0.3, -0.25) is 4.57 Å². The Balaban J connectivity index is 2.08. The molecule has 10 heteroatoms. The molecule has 1 aliphatic heterocycles. The van der Waals surface area contributed by atoms with Gasteiger partial charge in [0.1, 0.15) is 28.6 Å². The van der Waals surface area contributed by atoms with Gasteiger partial charge in [0, 0.05) is 24.9 Å². The van der Waals surface area contributed by atoms with Gasteiger partial charge in [0.2, 0.25) is 0 Å². The molecule has 1 saturated heterocycles. The van der Waals surface area contributed by atoms with E-state index in [1.165, 1.54) is 15.9 Å². The van der Waals surface area contributed by atoms with Crippen molar-refractivity contribution in [3.63, 3.8) is 0 Å². The first-order valence-corrected chi connectivity index (χ1v) is 11.4. The van der Waals surface area contributed by atoms with E-state index in [4.69, 9.17) is 24.7 Å². The molecular weight excluding hydrogens is 420 g/mol. The average Bonchev–Trinajstić information content (AvgIpc) is 3.33. The number of hydrogen-bond acceptors (Lipinski definition) is 9. The van der Waals surface area contributed by atoms with E-state index in [1.54, 1.807) is 19.5 Å². The number of rotatable bonds is 9. The Morgan fingerprint density at radius 3 is 2.61 bits per heavy atom. The second kappa shape index (κ2) is 9.74. The third-order valence-corrected chi connectivity index (χ3v) is 6.13. The Kier molecular flexibility index (Phi) is 7.48. The van der Waals surface area contributed by atoms with E-state index in [2.05, 4.69) is 9.97 Å². The number of thiazole rings is 1. The number of anilines is 1. The first-order chi connectivity index (χ1) is 14.7. The Bertz CT molecular complexity index is 917. The molecule has 0 aliphatic carbocycles. The zero-order chi connectivity index (χ0) is 22.8. The van der Waals surface area contributed by atoms with Crippen LogP contribution in [0, 0.1) is 0 Å². The number of hydrogen-bond donors (Lipinski definition) is 1. The maximum absolute atomic E-state index is 12.9. The molecule has 0 saturated carbocycles. The summed E-state index contributed by atoms with van der Waals surface area (Å²) in [5.74, 6) is 0.128. The van der Waals surface area contributed by atoms with Crippen molar-refractivity contribution in [2.75, 3.05) is 19.5 Å². The van der Waals surface area contributed by atoms with Crippen LogP contribution in [0.1, 0.15) is 47.3 Å². The molecule has 0 radical (unpaired) electrons. The van der Waals surface area contributed by atoms with Crippen molar-refractivity contribution in [1.82, 2.24) is 14.5 Å². The molecule has 0 aromatic carbocycles. The smallest absolute Gasteiger partial charge is 0.351 e. The third-order valence-electron chi connectivity index (χ3n) is 5.32. The maximum Gasteiger partial charge on any atom is 0.351 e. The molecule has 9 nitrogen and oxygen atoms in total. The van der Waals surface area contributed by atoms with Gasteiger partial charge in [-0.2, -0.15) is 4.98 Å². The van der Waals surface area contributed by atoms with Gasteiger partial charge in [-0.15, -0.1) is 11.3 Å². The van der Waals surface area contributed by atoms with E-state index in [0.29, 0.717) is 23.6 Å². The minimum Gasteiger partial charge on any atom is -0.383 e. The van der Waals surface area contributed by atoms with E-state index in [9.17, 15) is 4.79 Å². The zero-order valence-electron chi connectivity index (χ0n) is 18.9. The Labute approximate surface area is 186 Å². The molecule has 31 heavy (non-hydrogen) atoms. The molecule has 3 rings (SSSR count). The Hall–Kier alpha value is -1.85. The fourth-order valence-corrected chi connectivity index (χ4v) is 4.43. The summed E-state index contributed by atoms with van der Waals surface area (Å²) in [4.78, 5) is 21.2. The topological polar surface area (TPSA) is 111 Å². The molecule has 2 aromatic rings. The molecule has 0 amide bonds. The minimum atomic E-state index is -0.790. The molecule has 2 aromatic heterocycles. The predicted octanol–water partition coefficient (Wildman–Crippen LogP) is 2.86. The van der Waals surface area contributed by atoms with Crippen LogP contribution in [0.3, 0.4) is 0 Å². The molecule has 0 spiro atoms. The van der Waals surface area contributed by atoms with Crippen LogP contribution >= 0.6 is 11.3 Å². The lowest BCUT2D eigenvalue weighted by molar-refractivity contribution is -0.168. The second-order valence-corrected chi connectivity index (χ2v) is 9.05. The second-order valence-electron chi connectivity index (χ2n) is 8.16. The summed E-state index contributed by atoms with van der Waals surface area (Å²) in [5, 5.41) is 2.51. The number of nitrogens with two attached hydrogens (primary N) is 1. The van der Waals surface area contributed by atoms with Crippen LogP contribution in [-0.4, -0.2) is 58.3 Å². The highest BCUT2D eigenvalue weighted by Crippen LogP contribution is 2.43. The first-order valence-electron chi connectivity index (χ1n) is 10.5. The van der Waals surface area contributed by atoms with Gasteiger partial charge in [-0.05, 0) is 34.1 Å². The molecule has 0 bridgehead atoms. The molecular formula is C21H32N4O5S. The van der Waals surface area contributed by atoms with Crippen LogP contribution < -0.4 is 11.4 Å². The molecule has 0 unspecified atom stereocenters. The van der Waals surface area contributed by atoms with Crippen LogP contribution in [-0.2, 0) is 18.9 Å². The molecule has 4 atom stereocenters. The van der Waals surface area contributed by atoms with Gasteiger partial charge in [-0.25, -0.2) is 9.78 Å². The van der Waals surface area contributed by atoms with E-state index in [1.807, 2.05) is 40.0 Å². The number of nitrogens with zero attached hydrogens (tertiary/aromatic N) is 3. The highest BCUT2D eigenvalue weighted by atomic mass is 32.1. The SMILES string of the molecule is CC[C@]1(COC(C)C)O[C@@H](n2cc(-c3nccs3)c(N)nc2=O)[C@H](OC)[C@@H]1OC(C)C. The maximum atomic E-state index is 12.9. The van der Waals surface area contributed by atoms with Gasteiger partial charge in [0.25, 0.3) is 0 Å². The fourth-order valence-electron chi connectivity index (χ4n) is 3.77. The van der Waals surface area contributed by atoms with Crippen molar-refractivity contribution >= 4 is 17.2 Å². The number of ether oxygens (including phenoxy) is 4. The summed E-state index contributed by atoms with van der Waals surface area (Å²) in [6.45, 7) is 10.2. The summed E-state index contributed by atoms with van der Waals surface area (Å²) in [6.07, 6.45) is 2.13. The lowest BCUT2D eigenvalue weighted by atomic mass is 9.92. The van der Waals surface area contributed by atoms with Gasteiger partial charge in [0.15, 0.2) is 6.23 Å².